The smallest absolute Gasteiger partial charge is 0.223 e. The Morgan fingerprint density at radius 2 is 1.67 bits per heavy atom. The second-order valence-corrected chi connectivity index (χ2v) is 4.70. The van der Waals surface area contributed by atoms with Gasteiger partial charge in [0.2, 0.25) is 11.8 Å². The molecule has 2 rings (SSSR count). The van der Waals surface area contributed by atoms with E-state index in [0.717, 1.165) is 25.7 Å². The molecule has 0 aromatic rings. The molecule has 0 aromatic carbocycles. The Morgan fingerprint density at radius 3 is 2.20 bits per heavy atom. The number of carbonyl (C=O) groups is 2. The fourth-order valence-electron chi connectivity index (χ4n) is 1.50. The predicted molar refractivity (Wildman–Crippen MR) is 56.1 cm³/mol. The van der Waals surface area contributed by atoms with Crippen LogP contribution in [0.1, 0.15) is 32.6 Å². The lowest BCUT2D eigenvalue weighted by Crippen LogP contribution is -2.42. The summed E-state index contributed by atoms with van der Waals surface area (Å²) < 4.78 is 0. The summed E-state index contributed by atoms with van der Waals surface area (Å²) in [4.78, 5) is 22.7. The molecule has 4 nitrogen and oxygen atoms in total. The lowest BCUT2D eigenvalue weighted by Gasteiger charge is -2.14. The SMILES string of the molecule is C[C@H](CNC(=O)C1CC1)NC(=O)C1CC1. The van der Waals surface area contributed by atoms with Crippen molar-refractivity contribution in [3.8, 4) is 0 Å². The molecule has 15 heavy (non-hydrogen) atoms. The van der Waals surface area contributed by atoms with Gasteiger partial charge < -0.3 is 10.6 Å². The highest BCUT2D eigenvalue weighted by molar-refractivity contribution is 5.82. The van der Waals surface area contributed by atoms with Crippen molar-refractivity contribution in [3.05, 3.63) is 0 Å². The summed E-state index contributed by atoms with van der Waals surface area (Å²) in [6.07, 6.45) is 4.09. The summed E-state index contributed by atoms with van der Waals surface area (Å²) in [7, 11) is 0. The van der Waals surface area contributed by atoms with Gasteiger partial charge in [0.15, 0.2) is 0 Å². The predicted octanol–water partition coefficient (Wildman–Crippen LogP) is 0.427. The molecule has 2 aliphatic carbocycles. The van der Waals surface area contributed by atoms with Gasteiger partial charge in [-0.1, -0.05) is 0 Å². The third-order valence-electron chi connectivity index (χ3n) is 2.87. The van der Waals surface area contributed by atoms with Gasteiger partial charge in [0.05, 0.1) is 0 Å². The summed E-state index contributed by atoms with van der Waals surface area (Å²) in [5.74, 6) is 0.772. The van der Waals surface area contributed by atoms with Crippen molar-refractivity contribution in [2.75, 3.05) is 6.54 Å². The third-order valence-corrected chi connectivity index (χ3v) is 2.87. The molecular weight excluding hydrogens is 192 g/mol. The highest BCUT2D eigenvalue weighted by Crippen LogP contribution is 2.29. The van der Waals surface area contributed by atoms with Crippen molar-refractivity contribution in [3.63, 3.8) is 0 Å². The maximum atomic E-state index is 11.4. The summed E-state index contributed by atoms with van der Waals surface area (Å²) >= 11 is 0. The second kappa shape index (κ2) is 4.21. The van der Waals surface area contributed by atoms with E-state index >= 15 is 0 Å². The first-order valence-electron chi connectivity index (χ1n) is 5.75. The Kier molecular flexibility index (Phi) is 2.93. The Hall–Kier alpha value is -1.06. The molecule has 0 bridgehead atoms. The first kappa shape index (κ1) is 10.5. The van der Waals surface area contributed by atoms with Crippen LogP contribution in [-0.2, 0) is 9.59 Å². The van der Waals surface area contributed by atoms with E-state index in [4.69, 9.17) is 0 Å². The second-order valence-electron chi connectivity index (χ2n) is 4.70. The van der Waals surface area contributed by atoms with Crippen LogP contribution < -0.4 is 10.6 Å². The van der Waals surface area contributed by atoms with Crippen LogP contribution in [0, 0.1) is 11.8 Å². The van der Waals surface area contributed by atoms with E-state index in [1.54, 1.807) is 0 Å². The molecule has 0 spiro atoms. The molecule has 4 heteroatoms. The van der Waals surface area contributed by atoms with Gasteiger partial charge >= 0.3 is 0 Å². The van der Waals surface area contributed by atoms with Gasteiger partial charge in [-0.15, -0.1) is 0 Å². The zero-order chi connectivity index (χ0) is 10.8. The fraction of sp³-hybridized carbons (Fsp3) is 0.818. The topological polar surface area (TPSA) is 58.2 Å². The van der Waals surface area contributed by atoms with E-state index in [-0.39, 0.29) is 29.7 Å². The fourth-order valence-corrected chi connectivity index (χ4v) is 1.50. The highest BCUT2D eigenvalue weighted by atomic mass is 16.2. The third kappa shape index (κ3) is 3.22. The van der Waals surface area contributed by atoms with Crippen LogP contribution in [0.5, 0.6) is 0 Å². The van der Waals surface area contributed by atoms with Gasteiger partial charge in [0.1, 0.15) is 0 Å². The Bertz CT molecular complexity index is 270. The van der Waals surface area contributed by atoms with Crippen LogP contribution in [0.2, 0.25) is 0 Å². The zero-order valence-electron chi connectivity index (χ0n) is 9.08. The zero-order valence-corrected chi connectivity index (χ0v) is 9.08. The average molecular weight is 210 g/mol. The number of rotatable bonds is 5. The molecule has 0 unspecified atom stereocenters. The Balaban J connectivity index is 1.60. The van der Waals surface area contributed by atoms with Gasteiger partial charge in [-0.25, -0.2) is 0 Å². The Morgan fingerprint density at radius 1 is 1.13 bits per heavy atom. The van der Waals surface area contributed by atoms with Crippen molar-refractivity contribution < 1.29 is 9.59 Å². The first-order chi connectivity index (χ1) is 7.16. The quantitative estimate of drug-likeness (QED) is 0.691. The van der Waals surface area contributed by atoms with E-state index < -0.39 is 0 Å². The molecule has 0 aliphatic heterocycles. The highest BCUT2D eigenvalue weighted by Gasteiger charge is 2.31. The van der Waals surface area contributed by atoms with Gasteiger partial charge in [0, 0.05) is 24.4 Å². The molecule has 1 atom stereocenters. The summed E-state index contributed by atoms with van der Waals surface area (Å²) in [5, 5.41) is 5.76. The van der Waals surface area contributed by atoms with E-state index in [9.17, 15) is 9.59 Å². The minimum absolute atomic E-state index is 0.0424. The number of hydrogen-bond donors (Lipinski definition) is 2. The maximum Gasteiger partial charge on any atom is 0.223 e. The van der Waals surface area contributed by atoms with Gasteiger partial charge in [-0.05, 0) is 32.6 Å². The Labute approximate surface area is 89.8 Å². The molecule has 2 saturated carbocycles. The lowest BCUT2D eigenvalue weighted by molar-refractivity contribution is -0.124. The molecule has 2 aliphatic rings. The monoisotopic (exact) mass is 210 g/mol. The van der Waals surface area contributed by atoms with Crippen LogP contribution in [0.3, 0.4) is 0 Å². The van der Waals surface area contributed by atoms with E-state index in [1.807, 2.05) is 6.92 Å². The molecule has 0 radical (unpaired) electrons. The maximum absolute atomic E-state index is 11.4. The van der Waals surface area contributed by atoms with Crippen molar-refractivity contribution in [2.24, 2.45) is 11.8 Å². The lowest BCUT2D eigenvalue weighted by atomic mass is 10.3. The molecule has 2 fully saturated rings. The first-order valence-corrected chi connectivity index (χ1v) is 5.75. The van der Waals surface area contributed by atoms with Crippen LogP contribution in [0.15, 0.2) is 0 Å². The largest absolute Gasteiger partial charge is 0.354 e. The molecule has 0 aromatic heterocycles. The molecule has 0 heterocycles. The van der Waals surface area contributed by atoms with E-state index in [2.05, 4.69) is 10.6 Å². The van der Waals surface area contributed by atoms with Crippen molar-refractivity contribution >= 4 is 11.8 Å². The van der Waals surface area contributed by atoms with Gasteiger partial charge in [-0.2, -0.15) is 0 Å². The van der Waals surface area contributed by atoms with E-state index in [1.165, 1.54) is 0 Å². The van der Waals surface area contributed by atoms with Gasteiger partial charge in [0.25, 0.3) is 0 Å². The number of hydrogen-bond acceptors (Lipinski definition) is 2. The van der Waals surface area contributed by atoms with Crippen LogP contribution in [0.4, 0.5) is 0 Å². The van der Waals surface area contributed by atoms with Crippen LogP contribution in [-0.4, -0.2) is 24.4 Å². The van der Waals surface area contributed by atoms with Crippen molar-refractivity contribution in [1.82, 2.24) is 10.6 Å². The van der Waals surface area contributed by atoms with Crippen molar-refractivity contribution in [2.45, 2.75) is 38.6 Å². The number of carbonyl (C=O) groups excluding carboxylic acids is 2. The summed E-state index contributed by atoms with van der Waals surface area (Å²) in [5.41, 5.74) is 0. The van der Waals surface area contributed by atoms with Crippen molar-refractivity contribution in [1.29, 1.82) is 0 Å². The molecule has 84 valence electrons. The number of amides is 2. The summed E-state index contributed by atoms with van der Waals surface area (Å²) in [6.45, 7) is 2.47. The molecule has 0 saturated heterocycles. The standard InChI is InChI=1S/C11H18N2O2/c1-7(13-11(15)9-4-5-9)6-12-10(14)8-2-3-8/h7-9H,2-6H2,1H3,(H,12,14)(H,13,15)/t7-/m1/s1. The van der Waals surface area contributed by atoms with Crippen LogP contribution in [0.25, 0.3) is 0 Å². The number of nitrogens with one attached hydrogen (secondary N) is 2. The molecular formula is C11H18N2O2. The molecule has 2 N–H and O–H groups in total. The summed E-state index contributed by atoms with van der Waals surface area (Å²) in [6, 6.07) is 0.0424. The minimum atomic E-state index is 0.0424. The van der Waals surface area contributed by atoms with Crippen LogP contribution >= 0.6 is 0 Å². The van der Waals surface area contributed by atoms with Gasteiger partial charge in [-0.3, -0.25) is 9.59 Å². The molecule has 2 amide bonds. The van der Waals surface area contributed by atoms with E-state index in [0.29, 0.717) is 6.54 Å². The normalized spacial score (nSPS) is 21.9. The average Bonchev–Trinajstić information content (AvgIpc) is 3.06. The minimum Gasteiger partial charge on any atom is -0.354 e.